The van der Waals surface area contributed by atoms with E-state index in [0.717, 1.165) is 12.8 Å². The number of aliphatic hydroxyl groups is 1. The molecule has 0 radical (unpaired) electrons. The Kier molecular flexibility index (Phi) is 6.89. The Morgan fingerprint density at radius 1 is 1.31 bits per heavy atom. The lowest BCUT2D eigenvalue weighted by molar-refractivity contribution is -0.139. The summed E-state index contributed by atoms with van der Waals surface area (Å²) in [5, 5.41) is 15.6. The minimum Gasteiger partial charge on any atom is -0.395 e. The largest absolute Gasteiger partial charge is 0.395 e. The molecule has 7 atom stereocenters. The Hall–Kier alpha value is -1.58. The van der Waals surface area contributed by atoms with Gasteiger partial charge in [-0.3, -0.25) is 14.4 Å². The first-order valence-corrected chi connectivity index (χ1v) is 13.0. The minimum atomic E-state index is -0.698. The van der Waals surface area contributed by atoms with Crippen LogP contribution in [0.4, 0.5) is 5.69 Å². The van der Waals surface area contributed by atoms with Crippen LogP contribution < -0.4 is 10.6 Å². The molecule has 1 spiro atoms. The van der Waals surface area contributed by atoms with Crippen LogP contribution in [-0.2, 0) is 14.4 Å². The number of carbonyl (C=O) groups is 3. The van der Waals surface area contributed by atoms with E-state index in [-0.39, 0.29) is 47.0 Å². The maximum absolute atomic E-state index is 13.6. The number of hydrogen-bond donors (Lipinski definition) is 3. The molecule has 3 heterocycles. The van der Waals surface area contributed by atoms with Gasteiger partial charge in [-0.05, 0) is 31.9 Å². The molecule has 32 heavy (non-hydrogen) atoms. The van der Waals surface area contributed by atoms with E-state index in [9.17, 15) is 19.5 Å². The number of nitrogens with one attached hydrogen (secondary N) is 2. The number of halogens is 1. The van der Waals surface area contributed by atoms with Crippen molar-refractivity contribution in [1.29, 1.82) is 0 Å². The van der Waals surface area contributed by atoms with Crippen molar-refractivity contribution in [2.45, 2.75) is 60.0 Å². The van der Waals surface area contributed by atoms with E-state index in [2.05, 4.69) is 33.5 Å². The average Bonchev–Trinajstić information content (AvgIpc) is 3.33. The summed E-state index contributed by atoms with van der Waals surface area (Å²) in [6.07, 6.45) is 2.43. The van der Waals surface area contributed by atoms with Gasteiger partial charge in [0, 0.05) is 28.4 Å². The van der Waals surface area contributed by atoms with Gasteiger partial charge in [-0.15, -0.1) is 11.8 Å². The zero-order chi connectivity index (χ0) is 23.0. The number of para-hydroxylation sites is 1. The van der Waals surface area contributed by atoms with Crippen LogP contribution in [0.1, 0.15) is 33.1 Å². The van der Waals surface area contributed by atoms with Gasteiger partial charge in [0.15, 0.2) is 0 Å². The molecule has 3 fully saturated rings. The lowest BCUT2D eigenvalue weighted by atomic mass is 9.70. The maximum atomic E-state index is 13.6. The van der Waals surface area contributed by atoms with Crippen LogP contribution in [0.3, 0.4) is 0 Å². The highest BCUT2D eigenvalue weighted by atomic mass is 79.9. The Bertz CT molecular complexity index is 887. The van der Waals surface area contributed by atoms with Gasteiger partial charge in [0.2, 0.25) is 17.7 Å². The SMILES string of the molecule is CCCC(C)NC(=O)C1N(CCO)C(=O)[C@@H]2[C@@H](C(=O)Nc3ccccc3)[C@@H]3SC12CC3Br. The molecule has 3 N–H and O–H groups in total. The normalized spacial score (nSPS) is 33.8. The van der Waals surface area contributed by atoms with Gasteiger partial charge in [-0.25, -0.2) is 0 Å². The molecule has 0 saturated carbocycles. The number of benzene rings is 1. The van der Waals surface area contributed by atoms with Crippen molar-refractivity contribution in [3.63, 3.8) is 0 Å². The smallest absolute Gasteiger partial charge is 0.244 e. The van der Waals surface area contributed by atoms with Crippen molar-refractivity contribution in [2.24, 2.45) is 11.8 Å². The van der Waals surface area contributed by atoms with Gasteiger partial charge in [-0.2, -0.15) is 0 Å². The second kappa shape index (κ2) is 9.35. The molecule has 0 aromatic heterocycles. The van der Waals surface area contributed by atoms with E-state index in [1.807, 2.05) is 37.3 Å². The summed E-state index contributed by atoms with van der Waals surface area (Å²) in [4.78, 5) is 41.9. The topological polar surface area (TPSA) is 98.7 Å². The second-order valence-electron chi connectivity index (χ2n) is 8.97. The molecule has 3 aliphatic rings. The van der Waals surface area contributed by atoms with E-state index < -0.39 is 22.6 Å². The molecule has 2 bridgehead atoms. The number of carbonyl (C=O) groups excluding carboxylic acids is 3. The quantitative estimate of drug-likeness (QED) is 0.454. The molecule has 174 valence electrons. The lowest BCUT2D eigenvalue weighted by Crippen LogP contribution is -2.56. The Labute approximate surface area is 201 Å². The standard InChI is InChI=1S/C23H30BrN3O4S/c1-3-7-13(2)25-21(30)19-23-12-15(24)18(32-23)16(17(23)22(31)27(19)10-11-28)20(29)26-14-8-5-4-6-9-14/h4-6,8-9,13,15-19,28H,3,7,10-12H2,1-2H3,(H,25,30)(H,26,29)/t13?,15?,16-,17+,18-,19?,23?/m1/s1. The number of nitrogens with zero attached hydrogens (tertiary/aromatic N) is 1. The molecular formula is C23H30BrN3O4S. The van der Waals surface area contributed by atoms with Crippen molar-refractivity contribution in [3.05, 3.63) is 30.3 Å². The molecule has 3 saturated heterocycles. The van der Waals surface area contributed by atoms with Gasteiger partial charge < -0.3 is 20.6 Å². The molecule has 3 amide bonds. The van der Waals surface area contributed by atoms with E-state index >= 15 is 0 Å². The summed E-state index contributed by atoms with van der Waals surface area (Å²) in [6.45, 7) is 3.89. The first-order chi connectivity index (χ1) is 15.3. The minimum absolute atomic E-state index is 0.00502. The van der Waals surface area contributed by atoms with Crippen molar-refractivity contribution in [1.82, 2.24) is 10.2 Å². The monoisotopic (exact) mass is 523 g/mol. The lowest BCUT2D eigenvalue weighted by Gasteiger charge is -2.35. The summed E-state index contributed by atoms with van der Waals surface area (Å²) < 4.78 is -0.681. The molecule has 4 rings (SSSR count). The van der Waals surface area contributed by atoms with E-state index in [0.29, 0.717) is 12.1 Å². The highest BCUT2D eigenvalue weighted by molar-refractivity contribution is 9.09. The van der Waals surface area contributed by atoms with Gasteiger partial charge in [0.25, 0.3) is 0 Å². The van der Waals surface area contributed by atoms with E-state index in [4.69, 9.17) is 0 Å². The number of fused-ring (bicyclic) bond motifs is 1. The number of likely N-dealkylation sites (tertiary alicyclic amines) is 1. The summed E-state index contributed by atoms with van der Waals surface area (Å²) >= 11 is 5.34. The fourth-order valence-corrected chi connectivity index (χ4v) is 9.27. The molecule has 1 aromatic carbocycles. The molecular weight excluding hydrogens is 494 g/mol. The summed E-state index contributed by atoms with van der Waals surface area (Å²) in [5.74, 6) is -1.71. The van der Waals surface area contributed by atoms with Gasteiger partial charge >= 0.3 is 0 Å². The molecule has 0 aliphatic carbocycles. The predicted molar refractivity (Wildman–Crippen MR) is 129 cm³/mol. The number of anilines is 1. The van der Waals surface area contributed by atoms with Crippen LogP contribution in [0, 0.1) is 11.8 Å². The highest BCUT2D eigenvalue weighted by Gasteiger charge is 2.75. The number of thioether (sulfide) groups is 1. The van der Waals surface area contributed by atoms with Crippen molar-refractivity contribution < 1.29 is 19.5 Å². The van der Waals surface area contributed by atoms with Gasteiger partial charge in [-0.1, -0.05) is 47.5 Å². The van der Waals surface area contributed by atoms with Crippen LogP contribution in [0.2, 0.25) is 0 Å². The molecule has 7 nitrogen and oxygen atoms in total. The zero-order valence-corrected chi connectivity index (χ0v) is 20.7. The molecule has 3 aliphatic heterocycles. The Balaban J connectivity index is 1.66. The number of β-amino-alcohol motifs (C(OH)–C–C–N with tert-alkyl or cyclic N) is 1. The molecule has 9 heteroatoms. The number of aliphatic hydroxyl groups excluding tert-OH is 1. The highest BCUT2D eigenvalue weighted by Crippen LogP contribution is 2.67. The van der Waals surface area contributed by atoms with Crippen LogP contribution in [0.15, 0.2) is 30.3 Å². The summed E-state index contributed by atoms with van der Waals surface area (Å²) in [6, 6.07) is 8.51. The Morgan fingerprint density at radius 2 is 2.03 bits per heavy atom. The summed E-state index contributed by atoms with van der Waals surface area (Å²) in [5.41, 5.74) is 0.686. The third-order valence-corrected chi connectivity index (χ3v) is 10.1. The van der Waals surface area contributed by atoms with E-state index in [1.165, 1.54) is 4.90 Å². The number of amides is 3. The fourth-order valence-electron chi connectivity index (χ4n) is 5.65. The summed E-state index contributed by atoms with van der Waals surface area (Å²) in [7, 11) is 0. The van der Waals surface area contributed by atoms with Crippen molar-refractivity contribution in [2.75, 3.05) is 18.5 Å². The van der Waals surface area contributed by atoms with Gasteiger partial charge in [0.1, 0.15) is 6.04 Å². The Morgan fingerprint density at radius 3 is 2.69 bits per heavy atom. The van der Waals surface area contributed by atoms with Crippen LogP contribution in [-0.4, -0.2) is 67.8 Å². The van der Waals surface area contributed by atoms with Gasteiger partial charge in [0.05, 0.1) is 23.2 Å². The van der Waals surface area contributed by atoms with Crippen molar-refractivity contribution in [3.8, 4) is 0 Å². The third kappa shape index (κ3) is 3.86. The van der Waals surface area contributed by atoms with Crippen molar-refractivity contribution >= 4 is 51.1 Å². The molecule has 4 unspecified atom stereocenters. The van der Waals surface area contributed by atoms with E-state index in [1.54, 1.807) is 11.8 Å². The number of hydrogen-bond acceptors (Lipinski definition) is 5. The number of alkyl halides is 1. The number of rotatable bonds is 8. The maximum Gasteiger partial charge on any atom is 0.244 e. The second-order valence-corrected chi connectivity index (χ2v) is 11.7. The zero-order valence-electron chi connectivity index (χ0n) is 18.3. The first-order valence-electron chi connectivity index (χ1n) is 11.2. The molecule has 1 aromatic rings. The first kappa shape index (κ1) is 23.6. The van der Waals surface area contributed by atoms with Crippen LogP contribution in [0.5, 0.6) is 0 Å². The predicted octanol–water partition coefficient (Wildman–Crippen LogP) is 2.39. The van der Waals surface area contributed by atoms with Crippen LogP contribution in [0.25, 0.3) is 0 Å². The fraction of sp³-hybridized carbons (Fsp3) is 0.609. The average molecular weight is 524 g/mol. The van der Waals surface area contributed by atoms with Crippen LogP contribution >= 0.6 is 27.7 Å². The third-order valence-electron chi connectivity index (χ3n) is 6.83.